The number of rotatable bonds is 5. The van der Waals surface area contributed by atoms with Crippen LogP contribution in [-0.4, -0.2) is 30.6 Å². The molecule has 1 aromatic rings. The van der Waals surface area contributed by atoms with Gasteiger partial charge in [-0.3, -0.25) is 9.59 Å². The molecule has 0 atom stereocenters. The first kappa shape index (κ1) is 16.0. The van der Waals surface area contributed by atoms with E-state index in [0.717, 1.165) is 9.35 Å². The zero-order valence-corrected chi connectivity index (χ0v) is 13.6. The van der Waals surface area contributed by atoms with E-state index in [1.54, 1.807) is 13.8 Å². The van der Waals surface area contributed by atoms with Crippen molar-refractivity contribution in [2.24, 2.45) is 5.41 Å². The Hall–Kier alpha value is -1.08. The zero-order valence-electron chi connectivity index (χ0n) is 11.2. The third-order valence-corrected chi connectivity index (χ3v) is 4.95. The average Bonchev–Trinajstić information content (AvgIpc) is 2.62. The first-order valence-electron chi connectivity index (χ1n) is 5.55. The van der Waals surface area contributed by atoms with Crippen molar-refractivity contribution in [3.63, 3.8) is 0 Å². The normalized spacial score (nSPS) is 11.2. The van der Waals surface area contributed by atoms with E-state index < -0.39 is 11.4 Å². The molecule has 0 fully saturated rings. The van der Waals surface area contributed by atoms with E-state index in [1.165, 1.54) is 18.4 Å². The van der Waals surface area contributed by atoms with Gasteiger partial charge in [0.2, 0.25) is 0 Å². The van der Waals surface area contributed by atoms with Gasteiger partial charge in [-0.2, -0.15) is 0 Å². The molecule has 0 aliphatic carbocycles. The zero-order chi connectivity index (χ0) is 14.8. The molecule has 0 radical (unpaired) electrons. The van der Waals surface area contributed by atoms with E-state index in [2.05, 4.69) is 21.2 Å². The number of thiophene rings is 1. The molecular formula is C12H16BrNO4S. The van der Waals surface area contributed by atoms with Crippen LogP contribution in [0.25, 0.3) is 0 Å². The van der Waals surface area contributed by atoms with Crippen molar-refractivity contribution in [3.8, 4) is 5.75 Å². The highest BCUT2D eigenvalue weighted by atomic mass is 79.9. The highest BCUT2D eigenvalue weighted by molar-refractivity contribution is 9.10. The van der Waals surface area contributed by atoms with Gasteiger partial charge in [0.15, 0.2) is 5.75 Å². The minimum absolute atomic E-state index is 0.0545. The number of carbonyl (C=O) groups excluding carboxylic acids is 1. The van der Waals surface area contributed by atoms with Crippen LogP contribution in [0.3, 0.4) is 0 Å². The number of hydrogen-bond acceptors (Lipinski definition) is 4. The largest absolute Gasteiger partial charge is 0.494 e. The van der Waals surface area contributed by atoms with Gasteiger partial charge in [-0.15, -0.1) is 11.3 Å². The summed E-state index contributed by atoms with van der Waals surface area (Å²) in [4.78, 5) is 24.4. The number of carboxylic acids is 1. The number of aliphatic carboxylic acids is 1. The molecule has 0 saturated carbocycles. The van der Waals surface area contributed by atoms with E-state index in [0.29, 0.717) is 10.6 Å². The first-order chi connectivity index (χ1) is 8.70. The van der Waals surface area contributed by atoms with Crippen LogP contribution >= 0.6 is 27.3 Å². The minimum Gasteiger partial charge on any atom is -0.494 e. The van der Waals surface area contributed by atoms with Crippen LogP contribution < -0.4 is 10.1 Å². The van der Waals surface area contributed by atoms with Gasteiger partial charge in [-0.05, 0) is 36.7 Å². The summed E-state index contributed by atoms with van der Waals surface area (Å²) >= 11 is 4.66. The van der Waals surface area contributed by atoms with Crippen molar-refractivity contribution >= 4 is 39.1 Å². The highest BCUT2D eigenvalue weighted by Crippen LogP contribution is 2.39. The van der Waals surface area contributed by atoms with Gasteiger partial charge in [0.05, 0.1) is 17.0 Å². The Morgan fingerprint density at radius 1 is 1.47 bits per heavy atom. The van der Waals surface area contributed by atoms with Crippen molar-refractivity contribution in [1.29, 1.82) is 0 Å². The van der Waals surface area contributed by atoms with Crippen LogP contribution in [0.15, 0.2) is 4.47 Å². The van der Waals surface area contributed by atoms with Crippen molar-refractivity contribution in [3.05, 3.63) is 14.2 Å². The maximum atomic E-state index is 12.1. The Balaban J connectivity index is 2.85. The lowest BCUT2D eigenvalue weighted by Gasteiger charge is -2.19. The molecule has 0 aliphatic rings. The second-order valence-corrected chi connectivity index (χ2v) is 6.72. The van der Waals surface area contributed by atoms with Crippen molar-refractivity contribution < 1.29 is 19.4 Å². The van der Waals surface area contributed by atoms with Crippen LogP contribution in [0.1, 0.15) is 28.4 Å². The number of ether oxygens (including phenoxy) is 1. The lowest BCUT2D eigenvalue weighted by atomic mass is 9.94. The molecule has 106 valence electrons. The fourth-order valence-corrected chi connectivity index (χ4v) is 2.96. The molecule has 0 aliphatic heterocycles. The monoisotopic (exact) mass is 349 g/mol. The van der Waals surface area contributed by atoms with Gasteiger partial charge < -0.3 is 15.2 Å². The molecular weight excluding hydrogens is 334 g/mol. The number of amides is 1. The molecule has 1 heterocycles. The smallest absolute Gasteiger partial charge is 0.310 e. The molecule has 0 spiro atoms. The van der Waals surface area contributed by atoms with Crippen molar-refractivity contribution in [1.82, 2.24) is 5.32 Å². The summed E-state index contributed by atoms with van der Waals surface area (Å²) < 4.78 is 5.94. The minimum atomic E-state index is -1.01. The quantitative estimate of drug-likeness (QED) is 0.856. The number of halogens is 1. The lowest BCUT2D eigenvalue weighted by Crippen LogP contribution is -2.38. The maximum absolute atomic E-state index is 12.1. The van der Waals surface area contributed by atoms with E-state index in [1.807, 2.05) is 6.92 Å². The van der Waals surface area contributed by atoms with E-state index in [-0.39, 0.29) is 12.5 Å². The molecule has 19 heavy (non-hydrogen) atoms. The van der Waals surface area contributed by atoms with E-state index in [9.17, 15) is 9.59 Å². The Kier molecular flexibility index (Phi) is 4.98. The molecule has 1 rings (SSSR count). The molecule has 0 aromatic carbocycles. The van der Waals surface area contributed by atoms with Crippen LogP contribution in [0.2, 0.25) is 0 Å². The summed E-state index contributed by atoms with van der Waals surface area (Å²) in [6.45, 7) is 5.04. The predicted octanol–water partition coefficient (Wildman–Crippen LogP) is 2.67. The van der Waals surface area contributed by atoms with E-state index in [4.69, 9.17) is 9.84 Å². The molecule has 0 bridgehead atoms. The molecule has 1 amide bonds. The number of methoxy groups -OCH3 is 1. The molecule has 0 saturated heterocycles. The number of hydrogen-bond donors (Lipinski definition) is 2. The fourth-order valence-electron chi connectivity index (χ4n) is 1.29. The Bertz CT molecular complexity index is 510. The Labute approximate surface area is 124 Å². The highest BCUT2D eigenvalue weighted by Gasteiger charge is 2.29. The van der Waals surface area contributed by atoms with Gasteiger partial charge >= 0.3 is 5.97 Å². The second kappa shape index (κ2) is 5.92. The summed E-state index contributed by atoms with van der Waals surface area (Å²) in [7, 11) is 1.49. The van der Waals surface area contributed by atoms with Gasteiger partial charge in [0.1, 0.15) is 4.88 Å². The predicted molar refractivity (Wildman–Crippen MR) is 77.1 cm³/mol. The summed E-state index contributed by atoms with van der Waals surface area (Å²) in [5.74, 6) is -0.804. The third-order valence-electron chi connectivity index (χ3n) is 2.65. The Morgan fingerprint density at radius 2 is 2.05 bits per heavy atom. The molecule has 2 N–H and O–H groups in total. The third kappa shape index (κ3) is 3.48. The van der Waals surface area contributed by atoms with Crippen LogP contribution in [-0.2, 0) is 4.79 Å². The first-order valence-corrected chi connectivity index (χ1v) is 7.16. The summed E-state index contributed by atoms with van der Waals surface area (Å²) in [5, 5.41) is 11.6. The summed E-state index contributed by atoms with van der Waals surface area (Å²) in [6.07, 6.45) is 0. The summed E-state index contributed by atoms with van der Waals surface area (Å²) in [6, 6.07) is 0. The van der Waals surface area contributed by atoms with Gasteiger partial charge in [0.25, 0.3) is 5.91 Å². The average molecular weight is 350 g/mol. The standard InChI is InChI=1S/C12H16BrNO4S/c1-6-7(13)8(18-4)9(19-6)10(15)14-5-12(2,3)11(16)17/h5H2,1-4H3,(H,14,15)(H,16,17). The number of carboxylic acid groups (broad SMARTS) is 1. The van der Waals surface area contributed by atoms with Crippen molar-refractivity contribution in [2.45, 2.75) is 20.8 Å². The van der Waals surface area contributed by atoms with E-state index >= 15 is 0 Å². The number of carbonyl (C=O) groups is 2. The number of aryl methyl sites for hydroxylation is 1. The van der Waals surface area contributed by atoms with Gasteiger partial charge in [-0.1, -0.05) is 0 Å². The van der Waals surface area contributed by atoms with Crippen LogP contribution in [0, 0.1) is 12.3 Å². The second-order valence-electron chi connectivity index (χ2n) is 4.71. The SMILES string of the molecule is COc1c(C(=O)NCC(C)(C)C(=O)O)sc(C)c1Br. The molecule has 0 unspecified atom stereocenters. The summed E-state index contributed by atoms with van der Waals surface area (Å²) in [5.41, 5.74) is -1.01. The molecule has 7 heteroatoms. The maximum Gasteiger partial charge on any atom is 0.310 e. The Morgan fingerprint density at radius 3 is 2.53 bits per heavy atom. The fraction of sp³-hybridized carbons (Fsp3) is 0.500. The van der Waals surface area contributed by atoms with Crippen LogP contribution in [0.5, 0.6) is 5.75 Å². The van der Waals surface area contributed by atoms with Gasteiger partial charge in [-0.25, -0.2) is 0 Å². The topological polar surface area (TPSA) is 75.6 Å². The lowest BCUT2D eigenvalue weighted by molar-refractivity contribution is -0.146. The van der Waals surface area contributed by atoms with Crippen LogP contribution in [0.4, 0.5) is 0 Å². The number of nitrogens with one attached hydrogen (secondary N) is 1. The van der Waals surface area contributed by atoms with Crippen molar-refractivity contribution in [2.75, 3.05) is 13.7 Å². The van der Waals surface area contributed by atoms with Gasteiger partial charge in [0, 0.05) is 11.4 Å². The molecule has 1 aromatic heterocycles. The molecule has 5 nitrogen and oxygen atoms in total.